The van der Waals surface area contributed by atoms with Crippen molar-refractivity contribution in [2.45, 2.75) is 39.2 Å². The molecule has 1 N–H and O–H groups in total. The van der Waals surface area contributed by atoms with Crippen LogP contribution in [0.5, 0.6) is 0 Å². The van der Waals surface area contributed by atoms with Gasteiger partial charge >= 0.3 is 0 Å². The Bertz CT molecular complexity index is 246. The van der Waals surface area contributed by atoms with Gasteiger partial charge in [0.25, 0.3) is 0 Å². The number of hydrogen-bond donors (Lipinski definition) is 1. The Hall–Kier alpha value is 0.190. The molecule has 2 fully saturated rings. The molecule has 5 heteroatoms. The van der Waals surface area contributed by atoms with Crippen LogP contribution in [0.3, 0.4) is 0 Å². The van der Waals surface area contributed by atoms with E-state index < -0.39 is 0 Å². The van der Waals surface area contributed by atoms with Crippen LogP contribution in [-0.4, -0.2) is 17.0 Å². The Morgan fingerprint density at radius 3 is 2.73 bits per heavy atom. The van der Waals surface area contributed by atoms with E-state index in [1.165, 1.54) is 6.42 Å². The van der Waals surface area contributed by atoms with Gasteiger partial charge in [-0.25, -0.2) is 0 Å². The standard InChI is InChI=1S/C10H18O4S/c1-9(2)7-3-4-10(9,8(11)5-7)6-15-14-13-12/h7-8,11-12H,3-6H2,1-2H3/p-1/t7?,8-,10?/m1/s1. The zero-order valence-corrected chi connectivity index (χ0v) is 9.88. The molecule has 0 aromatic carbocycles. The molecule has 4 nitrogen and oxygen atoms in total. The summed E-state index contributed by atoms with van der Waals surface area (Å²) in [4.78, 5) is 0. The fourth-order valence-corrected chi connectivity index (χ4v) is 4.53. The highest BCUT2D eigenvalue weighted by molar-refractivity contribution is 7.94. The Balaban J connectivity index is 2.09. The first-order chi connectivity index (χ1) is 7.04. The molecular formula is C10H17O4S-. The maximum absolute atomic E-state index is 10.1. The van der Waals surface area contributed by atoms with Gasteiger partial charge in [0.15, 0.2) is 0 Å². The van der Waals surface area contributed by atoms with E-state index in [0.717, 1.165) is 24.9 Å². The van der Waals surface area contributed by atoms with Crippen LogP contribution in [0.4, 0.5) is 0 Å². The molecule has 0 aromatic rings. The SMILES string of the molecule is CC1(C)C2CCC1(CSOO[O-])[C@H](O)C2. The fraction of sp³-hybridized carbons (Fsp3) is 1.00. The summed E-state index contributed by atoms with van der Waals surface area (Å²) >= 11 is 1.01. The topological polar surface area (TPSA) is 61.8 Å². The summed E-state index contributed by atoms with van der Waals surface area (Å²) in [6, 6.07) is 0. The Morgan fingerprint density at radius 2 is 2.27 bits per heavy atom. The Morgan fingerprint density at radius 1 is 1.53 bits per heavy atom. The van der Waals surface area contributed by atoms with E-state index in [1.807, 2.05) is 0 Å². The lowest BCUT2D eigenvalue weighted by Crippen LogP contribution is -2.41. The first-order valence-electron chi connectivity index (χ1n) is 5.31. The lowest BCUT2D eigenvalue weighted by molar-refractivity contribution is -0.777. The summed E-state index contributed by atoms with van der Waals surface area (Å²) < 4.78 is 4.33. The summed E-state index contributed by atoms with van der Waals surface area (Å²) in [6.07, 6.45) is 2.80. The quantitative estimate of drug-likeness (QED) is 0.340. The van der Waals surface area contributed by atoms with Crippen LogP contribution in [0.1, 0.15) is 33.1 Å². The van der Waals surface area contributed by atoms with E-state index in [1.54, 1.807) is 0 Å². The molecule has 2 aliphatic rings. The molecule has 0 saturated heterocycles. The predicted molar refractivity (Wildman–Crippen MR) is 54.2 cm³/mol. The van der Waals surface area contributed by atoms with E-state index in [2.05, 4.69) is 23.2 Å². The van der Waals surface area contributed by atoms with Gasteiger partial charge in [0, 0.05) is 23.2 Å². The van der Waals surface area contributed by atoms with Gasteiger partial charge in [0.1, 0.15) is 0 Å². The van der Waals surface area contributed by atoms with Crippen molar-refractivity contribution in [3.8, 4) is 0 Å². The highest BCUT2D eigenvalue weighted by Crippen LogP contribution is 2.66. The molecule has 0 aromatic heterocycles. The van der Waals surface area contributed by atoms with Crippen molar-refractivity contribution in [1.82, 2.24) is 0 Å². The maximum Gasteiger partial charge on any atom is 0.0613 e. The molecule has 2 bridgehead atoms. The molecule has 2 aliphatic carbocycles. The molecule has 2 unspecified atom stereocenters. The molecule has 15 heavy (non-hydrogen) atoms. The van der Waals surface area contributed by atoms with Gasteiger partial charge < -0.3 is 10.4 Å². The van der Waals surface area contributed by atoms with Crippen LogP contribution >= 0.6 is 12.0 Å². The monoisotopic (exact) mass is 233 g/mol. The van der Waals surface area contributed by atoms with Gasteiger partial charge in [-0.3, -0.25) is 5.04 Å². The van der Waals surface area contributed by atoms with Gasteiger partial charge in [0.05, 0.1) is 6.10 Å². The van der Waals surface area contributed by atoms with Crippen molar-refractivity contribution in [1.29, 1.82) is 0 Å². The molecule has 0 radical (unpaired) electrons. The van der Waals surface area contributed by atoms with Crippen LogP contribution < -0.4 is 5.26 Å². The number of aliphatic hydroxyl groups is 1. The van der Waals surface area contributed by atoms with E-state index in [9.17, 15) is 10.4 Å². The molecule has 3 atom stereocenters. The largest absolute Gasteiger partial charge is 0.691 e. The number of rotatable bonds is 4. The van der Waals surface area contributed by atoms with Crippen molar-refractivity contribution in [2.75, 3.05) is 5.75 Å². The second-order valence-corrected chi connectivity index (χ2v) is 5.92. The minimum atomic E-state index is -0.269. The second kappa shape index (κ2) is 3.89. The molecule has 0 heterocycles. The van der Waals surface area contributed by atoms with Crippen molar-refractivity contribution in [2.24, 2.45) is 16.7 Å². The van der Waals surface area contributed by atoms with E-state index >= 15 is 0 Å². The molecule has 0 spiro atoms. The average Bonchev–Trinajstić information content (AvgIpc) is 2.52. The van der Waals surface area contributed by atoms with Crippen LogP contribution in [0.25, 0.3) is 0 Å². The molecule has 88 valence electrons. The van der Waals surface area contributed by atoms with Crippen molar-refractivity contribution in [3.05, 3.63) is 0 Å². The minimum Gasteiger partial charge on any atom is -0.691 e. The summed E-state index contributed by atoms with van der Waals surface area (Å²) in [6.45, 7) is 4.42. The molecule has 2 saturated carbocycles. The van der Waals surface area contributed by atoms with Gasteiger partial charge in [-0.05, 0) is 30.6 Å². The van der Waals surface area contributed by atoms with Crippen LogP contribution in [0.2, 0.25) is 0 Å². The minimum absolute atomic E-state index is 0.110. The normalized spacial score (nSPS) is 42.4. The van der Waals surface area contributed by atoms with Crippen molar-refractivity contribution < 1.29 is 19.7 Å². The van der Waals surface area contributed by atoms with Crippen LogP contribution in [0.15, 0.2) is 0 Å². The molecular weight excluding hydrogens is 216 g/mol. The third-order valence-electron chi connectivity index (χ3n) is 4.78. The van der Waals surface area contributed by atoms with Crippen LogP contribution in [-0.2, 0) is 9.37 Å². The molecule has 0 aliphatic heterocycles. The number of aliphatic hydroxyl groups excluding tert-OH is 1. The lowest BCUT2D eigenvalue weighted by atomic mass is 9.70. The lowest BCUT2D eigenvalue weighted by Gasteiger charge is -2.39. The third-order valence-corrected chi connectivity index (χ3v) is 5.57. The zero-order chi connectivity index (χ0) is 11.1. The second-order valence-electron chi connectivity index (χ2n) is 5.26. The van der Waals surface area contributed by atoms with Crippen molar-refractivity contribution >= 4 is 12.0 Å². The summed E-state index contributed by atoms with van der Waals surface area (Å²) in [5.41, 5.74) is 0.0204. The molecule has 2 rings (SSSR count). The Labute approximate surface area is 94.0 Å². The number of hydrogen-bond acceptors (Lipinski definition) is 5. The molecule has 0 amide bonds. The van der Waals surface area contributed by atoms with Crippen LogP contribution in [0, 0.1) is 16.7 Å². The summed E-state index contributed by atoms with van der Waals surface area (Å²) in [5.74, 6) is 1.22. The first-order valence-corrected chi connectivity index (χ1v) is 6.22. The smallest absolute Gasteiger partial charge is 0.0613 e. The van der Waals surface area contributed by atoms with E-state index in [0.29, 0.717) is 11.7 Å². The van der Waals surface area contributed by atoms with E-state index in [-0.39, 0.29) is 16.9 Å². The van der Waals surface area contributed by atoms with Gasteiger partial charge in [-0.15, -0.1) is 0 Å². The van der Waals surface area contributed by atoms with Crippen molar-refractivity contribution in [3.63, 3.8) is 0 Å². The highest BCUT2D eigenvalue weighted by atomic mass is 32.2. The van der Waals surface area contributed by atoms with Gasteiger partial charge in [-0.1, -0.05) is 13.8 Å². The first kappa shape index (κ1) is 11.7. The predicted octanol–water partition coefficient (Wildman–Crippen LogP) is 1.05. The zero-order valence-electron chi connectivity index (χ0n) is 9.06. The van der Waals surface area contributed by atoms with E-state index in [4.69, 9.17) is 0 Å². The third kappa shape index (κ3) is 1.52. The fourth-order valence-electron chi connectivity index (χ4n) is 3.53. The van der Waals surface area contributed by atoms with Gasteiger partial charge in [-0.2, -0.15) is 4.33 Å². The Kier molecular flexibility index (Phi) is 3.03. The summed E-state index contributed by atoms with van der Waals surface area (Å²) in [5, 5.41) is 23.2. The maximum atomic E-state index is 10.1. The van der Waals surface area contributed by atoms with Gasteiger partial charge in [0.2, 0.25) is 0 Å². The highest BCUT2D eigenvalue weighted by Gasteiger charge is 2.63. The number of fused-ring (bicyclic) bond motifs is 2. The summed E-state index contributed by atoms with van der Waals surface area (Å²) in [7, 11) is 0. The average molecular weight is 233 g/mol.